The summed E-state index contributed by atoms with van der Waals surface area (Å²) in [5.74, 6) is 0.659. The second-order valence-electron chi connectivity index (χ2n) is 4.44. The van der Waals surface area contributed by atoms with Gasteiger partial charge in [0.05, 0.1) is 6.61 Å². The molecule has 0 aliphatic carbocycles. The molecule has 82 valence electrons. The lowest BCUT2D eigenvalue weighted by molar-refractivity contribution is 0.0136. The van der Waals surface area contributed by atoms with Gasteiger partial charge in [-0.05, 0) is 44.7 Å². The van der Waals surface area contributed by atoms with Gasteiger partial charge in [0.15, 0.2) is 0 Å². The zero-order valence-corrected chi connectivity index (χ0v) is 8.82. The first-order valence-corrected chi connectivity index (χ1v) is 5.84. The van der Waals surface area contributed by atoms with Gasteiger partial charge in [-0.1, -0.05) is 0 Å². The van der Waals surface area contributed by atoms with E-state index in [1.165, 1.54) is 25.9 Å². The molecule has 0 amide bonds. The minimum atomic E-state index is 0.324. The number of hydrogen-bond donors (Lipinski definition) is 1. The van der Waals surface area contributed by atoms with Crippen LogP contribution in [0.4, 0.5) is 0 Å². The van der Waals surface area contributed by atoms with Gasteiger partial charge in [-0.3, -0.25) is 4.90 Å². The lowest BCUT2D eigenvalue weighted by Crippen LogP contribution is -2.43. The highest BCUT2D eigenvalue weighted by molar-refractivity contribution is 4.83. The Labute approximate surface area is 86.0 Å². The molecular weight excluding hydrogens is 178 g/mol. The summed E-state index contributed by atoms with van der Waals surface area (Å²) >= 11 is 0. The molecule has 3 nitrogen and oxygen atoms in total. The Kier molecular flexibility index (Phi) is 3.79. The molecule has 2 saturated heterocycles. The van der Waals surface area contributed by atoms with Crippen molar-refractivity contribution in [2.45, 2.75) is 31.7 Å². The highest BCUT2D eigenvalue weighted by Crippen LogP contribution is 2.25. The second-order valence-corrected chi connectivity index (χ2v) is 4.44. The molecule has 2 rings (SSSR count). The first-order chi connectivity index (χ1) is 6.92. The summed E-state index contributed by atoms with van der Waals surface area (Å²) in [5.41, 5.74) is 0. The van der Waals surface area contributed by atoms with Crippen LogP contribution in [0.1, 0.15) is 25.7 Å². The Morgan fingerprint density at radius 1 is 1.21 bits per heavy atom. The molecule has 1 atom stereocenters. The van der Waals surface area contributed by atoms with Crippen LogP contribution in [0.5, 0.6) is 0 Å². The van der Waals surface area contributed by atoms with E-state index in [0.717, 1.165) is 26.1 Å². The number of rotatable bonds is 3. The van der Waals surface area contributed by atoms with Crippen LogP contribution in [-0.4, -0.2) is 49.0 Å². The summed E-state index contributed by atoms with van der Waals surface area (Å²) in [6.45, 7) is 4.46. The molecule has 2 fully saturated rings. The quantitative estimate of drug-likeness (QED) is 0.732. The highest BCUT2D eigenvalue weighted by atomic mass is 16.5. The van der Waals surface area contributed by atoms with Gasteiger partial charge >= 0.3 is 0 Å². The van der Waals surface area contributed by atoms with Crippen molar-refractivity contribution in [3.8, 4) is 0 Å². The Hall–Kier alpha value is -0.120. The summed E-state index contributed by atoms with van der Waals surface area (Å²) in [4.78, 5) is 2.47. The van der Waals surface area contributed by atoms with E-state index in [0.29, 0.717) is 18.6 Å². The molecule has 0 aromatic carbocycles. The van der Waals surface area contributed by atoms with Crippen LogP contribution in [0.2, 0.25) is 0 Å². The third-order valence-corrected chi connectivity index (χ3v) is 3.61. The monoisotopic (exact) mass is 199 g/mol. The van der Waals surface area contributed by atoms with E-state index in [2.05, 4.69) is 4.90 Å². The Bertz CT molecular complexity index is 163. The predicted molar refractivity (Wildman–Crippen MR) is 55.2 cm³/mol. The fraction of sp³-hybridized carbons (Fsp3) is 1.00. The fourth-order valence-corrected chi connectivity index (χ4v) is 2.74. The summed E-state index contributed by atoms with van der Waals surface area (Å²) in [5, 5.41) is 9.46. The number of aliphatic hydroxyl groups is 1. The van der Waals surface area contributed by atoms with E-state index in [1.54, 1.807) is 0 Å². The third-order valence-electron chi connectivity index (χ3n) is 3.61. The minimum absolute atomic E-state index is 0.324. The largest absolute Gasteiger partial charge is 0.395 e. The van der Waals surface area contributed by atoms with E-state index >= 15 is 0 Å². The van der Waals surface area contributed by atoms with Crippen molar-refractivity contribution in [3.63, 3.8) is 0 Å². The number of nitrogens with zero attached hydrogens (tertiary/aromatic N) is 1. The summed E-state index contributed by atoms with van der Waals surface area (Å²) in [6, 6.07) is 0.404. The Morgan fingerprint density at radius 3 is 2.43 bits per heavy atom. The van der Waals surface area contributed by atoms with E-state index in [9.17, 15) is 5.11 Å². The van der Waals surface area contributed by atoms with Crippen molar-refractivity contribution >= 4 is 0 Å². The fourth-order valence-electron chi connectivity index (χ4n) is 2.74. The molecule has 2 aliphatic rings. The standard InChI is InChI=1S/C11H21NO2/c13-9-11(12-5-1-2-6-12)10-3-7-14-8-4-10/h10-11,13H,1-9H2. The molecule has 2 aliphatic heterocycles. The van der Waals surface area contributed by atoms with Crippen LogP contribution in [0, 0.1) is 5.92 Å². The number of hydrogen-bond acceptors (Lipinski definition) is 3. The smallest absolute Gasteiger partial charge is 0.0589 e. The molecule has 0 saturated carbocycles. The Balaban J connectivity index is 1.89. The van der Waals surface area contributed by atoms with Crippen LogP contribution < -0.4 is 0 Å². The molecule has 3 heteroatoms. The summed E-state index contributed by atoms with van der Waals surface area (Å²) in [6.07, 6.45) is 4.86. The molecule has 0 spiro atoms. The lowest BCUT2D eigenvalue weighted by Gasteiger charge is -2.35. The van der Waals surface area contributed by atoms with Gasteiger partial charge in [-0.15, -0.1) is 0 Å². The average Bonchev–Trinajstić information content (AvgIpc) is 2.74. The first-order valence-electron chi connectivity index (χ1n) is 5.84. The van der Waals surface area contributed by atoms with Crippen LogP contribution >= 0.6 is 0 Å². The van der Waals surface area contributed by atoms with Gasteiger partial charge in [-0.25, -0.2) is 0 Å². The van der Waals surface area contributed by atoms with Crippen molar-refractivity contribution in [2.75, 3.05) is 32.9 Å². The average molecular weight is 199 g/mol. The molecule has 0 bridgehead atoms. The maximum absolute atomic E-state index is 9.46. The van der Waals surface area contributed by atoms with Crippen LogP contribution in [0.25, 0.3) is 0 Å². The molecule has 0 aromatic heterocycles. The van der Waals surface area contributed by atoms with Crippen LogP contribution in [-0.2, 0) is 4.74 Å². The SMILES string of the molecule is OCC(C1CCOCC1)N1CCCC1. The van der Waals surface area contributed by atoms with E-state index in [-0.39, 0.29) is 0 Å². The zero-order valence-electron chi connectivity index (χ0n) is 8.82. The lowest BCUT2D eigenvalue weighted by atomic mass is 9.91. The van der Waals surface area contributed by atoms with Gasteiger partial charge in [-0.2, -0.15) is 0 Å². The van der Waals surface area contributed by atoms with Gasteiger partial charge in [0.1, 0.15) is 0 Å². The third kappa shape index (κ3) is 2.27. The summed E-state index contributed by atoms with van der Waals surface area (Å²) < 4.78 is 5.36. The first kappa shape index (κ1) is 10.4. The minimum Gasteiger partial charge on any atom is -0.395 e. The van der Waals surface area contributed by atoms with Gasteiger partial charge in [0.25, 0.3) is 0 Å². The number of likely N-dealkylation sites (tertiary alicyclic amines) is 1. The van der Waals surface area contributed by atoms with Gasteiger partial charge < -0.3 is 9.84 Å². The van der Waals surface area contributed by atoms with Crippen LogP contribution in [0.3, 0.4) is 0 Å². The molecule has 1 unspecified atom stereocenters. The van der Waals surface area contributed by atoms with Crippen molar-refractivity contribution in [3.05, 3.63) is 0 Å². The topological polar surface area (TPSA) is 32.7 Å². The molecule has 0 aromatic rings. The molecule has 14 heavy (non-hydrogen) atoms. The number of ether oxygens (including phenoxy) is 1. The molecular formula is C11H21NO2. The van der Waals surface area contributed by atoms with Crippen molar-refractivity contribution < 1.29 is 9.84 Å². The van der Waals surface area contributed by atoms with Crippen molar-refractivity contribution in [1.82, 2.24) is 4.90 Å². The van der Waals surface area contributed by atoms with Gasteiger partial charge in [0.2, 0.25) is 0 Å². The van der Waals surface area contributed by atoms with E-state index in [1.807, 2.05) is 0 Å². The van der Waals surface area contributed by atoms with E-state index in [4.69, 9.17) is 4.74 Å². The number of aliphatic hydroxyl groups excluding tert-OH is 1. The normalized spacial score (nSPS) is 28.1. The van der Waals surface area contributed by atoms with Crippen molar-refractivity contribution in [1.29, 1.82) is 0 Å². The molecule has 0 radical (unpaired) electrons. The van der Waals surface area contributed by atoms with Crippen LogP contribution in [0.15, 0.2) is 0 Å². The maximum atomic E-state index is 9.46. The van der Waals surface area contributed by atoms with Gasteiger partial charge in [0, 0.05) is 19.3 Å². The second kappa shape index (κ2) is 5.10. The predicted octanol–water partition coefficient (Wildman–Crippen LogP) is 0.870. The molecule has 2 heterocycles. The summed E-state index contributed by atoms with van der Waals surface area (Å²) in [7, 11) is 0. The van der Waals surface area contributed by atoms with Crippen molar-refractivity contribution in [2.24, 2.45) is 5.92 Å². The van der Waals surface area contributed by atoms with E-state index < -0.39 is 0 Å². The maximum Gasteiger partial charge on any atom is 0.0589 e. The highest BCUT2D eigenvalue weighted by Gasteiger charge is 2.29. The zero-order chi connectivity index (χ0) is 9.80. The molecule has 1 N–H and O–H groups in total. The Morgan fingerprint density at radius 2 is 1.86 bits per heavy atom.